The van der Waals surface area contributed by atoms with Crippen LogP contribution in [0.3, 0.4) is 0 Å². The number of nitrogens with zero attached hydrogens (tertiary/aromatic N) is 3. The maximum Gasteiger partial charge on any atom is 0.180 e. The molecule has 1 aliphatic rings. The van der Waals surface area contributed by atoms with Crippen LogP contribution in [0.5, 0.6) is 0 Å². The van der Waals surface area contributed by atoms with E-state index in [1.54, 1.807) is 0 Å². The fourth-order valence-corrected chi connectivity index (χ4v) is 2.62. The second-order valence-electron chi connectivity index (χ2n) is 5.63. The zero-order valence-corrected chi connectivity index (χ0v) is 12.8. The van der Waals surface area contributed by atoms with Crippen molar-refractivity contribution in [1.29, 1.82) is 0 Å². The van der Waals surface area contributed by atoms with Crippen LogP contribution < -0.4 is 4.90 Å². The first kappa shape index (κ1) is 15.0. The van der Waals surface area contributed by atoms with E-state index in [-0.39, 0.29) is 5.78 Å². The van der Waals surface area contributed by atoms with Crippen molar-refractivity contribution in [2.24, 2.45) is 0 Å². The van der Waals surface area contributed by atoms with E-state index in [9.17, 15) is 4.79 Å². The number of Topliss-reactive ketones (excluding diaryl/α,β-unsaturated/α-hetero) is 1. The minimum atomic E-state index is 0.116. The molecule has 0 N–H and O–H groups in total. The van der Waals surface area contributed by atoms with Crippen molar-refractivity contribution < 1.29 is 4.79 Å². The van der Waals surface area contributed by atoms with Gasteiger partial charge in [0.1, 0.15) is 11.5 Å². The molecule has 0 spiro atoms. The Morgan fingerprint density at radius 2 is 2.05 bits per heavy atom. The highest BCUT2D eigenvalue weighted by Gasteiger charge is 2.18. The summed E-state index contributed by atoms with van der Waals surface area (Å²) in [5.41, 5.74) is 0.593. The normalized spacial score (nSPS) is 17.3. The molecule has 0 bridgehead atoms. The molecule has 0 atom stereocenters. The van der Waals surface area contributed by atoms with Crippen LogP contribution in [0.25, 0.3) is 0 Å². The molecule has 0 aliphatic carbocycles. The van der Waals surface area contributed by atoms with Crippen molar-refractivity contribution in [3.63, 3.8) is 0 Å². The quantitative estimate of drug-likeness (QED) is 0.791. The third-order valence-electron chi connectivity index (χ3n) is 3.93. The molecule has 1 aromatic heterocycles. The van der Waals surface area contributed by atoms with Crippen LogP contribution in [0.2, 0.25) is 0 Å². The van der Waals surface area contributed by atoms with E-state index >= 15 is 0 Å². The average molecular weight is 275 g/mol. The second-order valence-corrected chi connectivity index (χ2v) is 5.63. The Morgan fingerprint density at radius 3 is 2.75 bits per heavy atom. The summed E-state index contributed by atoms with van der Waals surface area (Å²) in [6.07, 6.45) is 1.66. The van der Waals surface area contributed by atoms with Crippen molar-refractivity contribution in [3.8, 4) is 0 Å². The molecule has 0 amide bonds. The molecule has 1 aliphatic heterocycles. The third kappa shape index (κ3) is 3.57. The van der Waals surface area contributed by atoms with Gasteiger partial charge in [0.05, 0.1) is 0 Å². The molecular formula is C16H25N3O. The summed E-state index contributed by atoms with van der Waals surface area (Å²) >= 11 is 0. The maximum absolute atomic E-state index is 11.8. The summed E-state index contributed by atoms with van der Waals surface area (Å²) in [6.45, 7) is 10.6. The van der Waals surface area contributed by atoms with Crippen LogP contribution >= 0.6 is 0 Å². The number of carbonyl (C=O) groups excluding carboxylic acids is 1. The van der Waals surface area contributed by atoms with Gasteiger partial charge in [-0.2, -0.15) is 0 Å². The van der Waals surface area contributed by atoms with E-state index in [4.69, 9.17) is 0 Å². The second kappa shape index (κ2) is 6.84. The Morgan fingerprint density at radius 1 is 1.25 bits per heavy atom. The van der Waals surface area contributed by atoms with Gasteiger partial charge in [-0.25, -0.2) is 4.98 Å². The lowest BCUT2D eigenvalue weighted by atomic mass is 10.2. The van der Waals surface area contributed by atoms with Gasteiger partial charge < -0.3 is 4.90 Å². The molecule has 0 unspecified atom stereocenters. The molecule has 1 aromatic rings. The topological polar surface area (TPSA) is 36.4 Å². The number of hydrogen-bond acceptors (Lipinski definition) is 4. The van der Waals surface area contributed by atoms with E-state index in [0.717, 1.165) is 38.4 Å². The summed E-state index contributed by atoms with van der Waals surface area (Å²) < 4.78 is 0. The molecular weight excluding hydrogens is 250 g/mol. The van der Waals surface area contributed by atoms with Crippen molar-refractivity contribution in [2.75, 3.05) is 31.1 Å². The van der Waals surface area contributed by atoms with Gasteiger partial charge in [0.15, 0.2) is 5.78 Å². The zero-order valence-electron chi connectivity index (χ0n) is 12.8. The number of carbonyl (C=O) groups is 1. The van der Waals surface area contributed by atoms with Gasteiger partial charge in [0.2, 0.25) is 0 Å². The smallest absolute Gasteiger partial charge is 0.180 e. The molecule has 110 valence electrons. The number of ketones is 1. The Labute approximate surface area is 121 Å². The fraction of sp³-hybridized carbons (Fsp3) is 0.625. The molecule has 20 heavy (non-hydrogen) atoms. The highest BCUT2D eigenvalue weighted by atomic mass is 16.1. The van der Waals surface area contributed by atoms with E-state index in [1.807, 2.05) is 25.1 Å². The van der Waals surface area contributed by atoms with Gasteiger partial charge in [-0.3, -0.25) is 9.69 Å². The van der Waals surface area contributed by atoms with E-state index < -0.39 is 0 Å². The highest BCUT2D eigenvalue weighted by molar-refractivity contribution is 5.94. The van der Waals surface area contributed by atoms with E-state index in [0.29, 0.717) is 18.2 Å². The molecule has 1 fully saturated rings. The van der Waals surface area contributed by atoms with Gasteiger partial charge in [0, 0.05) is 38.6 Å². The first-order chi connectivity index (χ1) is 9.61. The summed E-state index contributed by atoms with van der Waals surface area (Å²) in [5, 5.41) is 0. The molecule has 2 rings (SSSR count). The summed E-state index contributed by atoms with van der Waals surface area (Å²) in [7, 11) is 0. The number of anilines is 1. The molecule has 0 radical (unpaired) electrons. The minimum Gasteiger partial charge on any atom is -0.355 e. The van der Waals surface area contributed by atoms with Gasteiger partial charge in [-0.05, 0) is 32.4 Å². The van der Waals surface area contributed by atoms with E-state index in [1.165, 1.54) is 0 Å². The molecule has 4 nitrogen and oxygen atoms in total. The van der Waals surface area contributed by atoms with Crippen molar-refractivity contribution >= 4 is 11.6 Å². The van der Waals surface area contributed by atoms with Crippen LogP contribution in [-0.4, -0.2) is 47.9 Å². The highest BCUT2D eigenvalue weighted by Crippen LogP contribution is 2.16. The Bertz CT molecular complexity index is 459. The summed E-state index contributed by atoms with van der Waals surface area (Å²) in [4.78, 5) is 21.1. The summed E-state index contributed by atoms with van der Waals surface area (Å²) in [6, 6.07) is 6.36. The molecule has 0 saturated carbocycles. The predicted molar refractivity (Wildman–Crippen MR) is 82.4 cm³/mol. The molecule has 0 aromatic carbocycles. The monoisotopic (exact) mass is 275 g/mol. The Balaban J connectivity index is 2.09. The third-order valence-corrected chi connectivity index (χ3v) is 3.93. The minimum absolute atomic E-state index is 0.116. The first-order valence-electron chi connectivity index (χ1n) is 7.61. The number of rotatable bonds is 4. The number of aromatic nitrogens is 1. The van der Waals surface area contributed by atoms with Crippen LogP contribution in [0.4, 0.5) is 5.82 Å². The average Bonchev–Trinajstić information content (AvgIpc) is 2.72. The van der Waals surface area contributed by atoms with Crippen LogP contribution in [-0.2, 0) is 0 Å². The van der Waals surface area contributed by atoms with E-state index in [2.05, 4.69) is 28.6 Å². The SMILES string of the molecule is CCC(=O)c1cccc(N2CCCN(C(C)C)CC2)n1. The standard InChI is InChI=1S/C16H25N3O/c1-4-15(20)14-7-5-8-16(17-14)19-10-6-9-18(11-12-19)13(2)3/h5,7-8,13H,4,6,9-12H2,1-3H3. The number of hydrogen-bond donors (Lipinski definition) is 0. The van der Waals surface area contributed by atoms with Crippen LogP contribution in [0.15, 0.2) is 18.2 Å². The van der Waals surface area contributed by atoms with Gasteiger partial charge in [0.25, 0.3) is 0 Å². The molecule has 1 saturated heterocycles. The van der Waals surface area contributed by atoms with Crippen molar-refractivity contribution in [1.82, 2.24) is 9.88 Å². The predicted octanol–water partition coefficient (Wildman–Crippen LogP) is 2.59. The lowest BCUT2D eigenvalue weighted by Crippen LogP contribution is -2.35. The lowest BCUT2D eigenvalue weighted by molar-refractivity contribution is 0.0983. The first-order valence-corrected chi connectivity index (χ1v) is 7.61. The van der Waals surface area contributed by atoms with Crippen molar-refractivity contribution in [3.05, 3.63) is 23.9 Å². The Hall–Kier alpha value is -1.42. The largest absolute Gasteiger partial charge is 0.355 e. The zero-order chi connectivity index (χ0) is 14.5. The lowest BCUT2D eigenvalue weighted by Gasteiger charge is -2.25. The summed E-state index contributed by atoms with van der Waals surface area (Å²) in [5.74, 6) is 1.06. The van der Waals surface area contributed by atoms with Gasteiger partial charge in [-0.1, -0.05) is 13.0 Å². The molecule has 2 heterocycles. The maximum atomic E-state index is 11.8. The fourth-order valence-electron chi connectivity index (χ4n) is 2.62. The number of pyridine rings is 1. The van der Waals surface area contributed by atoms with Crippen LogP contribution in [0.1, 0.15) is 44.1 Å². The molecule has 4 heteroatoms. The van der Waals surface area contributed by atoms with Gasteiger partial charge in [-0.15, -0.1) is 0 Å². The van der Waals surface area contributed by atoms with Gasteiger partial charge >= 0.3 is 0 Å². The Kier molecular flexibility index (Phi) is 5.12. The van der Waals surface area contributed by atoms with Crippen molar-refractivity contribution in [2.45, 2.75) is 39.7 Å². The van der Waals surface area contributed by atoms with Crippen LogP contribution in [0, 0.1) is 0 Å².